The van der Waals surface area contributed by atoms with Gasteiger partial charge in [0.2, 0.25) is 0 Å². The quantitative estimate of drug-likeness (QED) is 0.554. The van der Waals surface area contributed by atoms with Gasteiger partial charge in [0.25, 0.3) is 0 Å². The van der Waals surface area contributed by atoms with Crippen molar-refractivity contribution in [2.45, 2.75) is 18.4 Å². The Morgan fingerprint density at radius 1 is 1.27 bits per heavy atom. The highest BCUT2D eigenvalue weighted by Crippen LogP contribution is 2.24. The Morgan fingerprint density at radius 3 is 2.91 bits per heavy atom. The molecular weight excluding hydrogens is 156 g/mol. The average Bonchev–Trinajstić information content (AvgIpc) is 2.07. The molecule has 0 saturated carbocycles. The fourth-order valence-electron chi connectivity index (χ4n) is 1.95. The molecule has 3 heteroatoms. The van der Waals surface area contributed by atoms with Crippen molar-refractivity contribution in [3.8, 4) is 0 Å². The maximum absolute atomic E-state index is 3.65. The summed E-state index contributed by atoms with van der Waals surface area (Å²) in [6, 6.07) is 0. The molecule has 2 saturated heterocycles. The monoisotopic (exact) mass is 172 g/mol. The average molecular weight is 172 g/mol. The summed E-state index contributed by atoms with van der Waals surface area (Å²) >= 11 is 2.10. The molecule has 2 aliphatic rings. The molecule has 0 radical (unpaired) electrons. The van der Waals surface area contributed by atoms with Gasteiger partial charge < -0.3 is 10.6 Å². The zero-order valence-corrected chi connectivity index (χ0v) is 7.67. The molecule has 0 aromatic rings. The van der Waals surface area contributed by atoms with Crippen molar-refractivity contribution < 1.29 is 0 Å². The van der Waals surface area contributed by atoms with Crippen LogP contribution in [0.3, 0.4) is 0 Å². The molecule has 11 heavy (non-hydrogen) atoms. The maximum atomic E-state index is 3.65. The Kier molecular flexibility index (Phi) is 2.39. The highest BCUT2D eigenvalue weighted by Gasteiger charge is 2.32. The summed E-state index contributed by atoms with van der Waals surface area (Å²) in [5, 5.41) is 7.12. The fraction of sp³-hybridized carbons (Fsp3) is 1.00. The summed E-state index contributed by atoms with van der Waals surface area (Å²) in [4.78, 5) is 0. The van der Waals surface area contributed by atoms with Gasteiger partial charge in [0.15, 0.2) is 0 Å². The van der Waals surface area contributed by atoms with Crippen LogP contribution in [0.15, 0.2) is 0 Å². The van der Waals surface area contributed by atoms with Crippen molar-refractivity contribution in [3.63, 3.8) is 0 Å². The molecule has 0 aromatic heterocycles. The minimum atomic E-state index is 0.459. The zero-order valence-electron chi connectivity index (χ0n) is 6.86. The van der Waals surface area contributed by atoms with Crippen molar-refractivity contribution in [2.75, 3.05) is 31.1 Å². The van der Waals surface area contributed by atoms with E-state index in [1.165, 1.54) is 44.0 Å². The molecular formula is C8H16N2S. The molecule has 2 rings (SSSR count). The van der Waals surface area contributed by atoms with Crippen LogP contribution in [0, 0.1) is 0 Å². The van der Waals surface area contributed by atoms with E-state index in [2.05, 4.69) is 22.4 Å². The van der Waals surface area contributed by atoms with Gasteiger partial charge in [-0.1, -0.05) is 0 Å². The number of hydrogen-bond acceptors (Lipinski definition) is 3. The maximum Gasteiger partial charge on any atom is 0.0398 e. The molecule has 1 atom stereocenters. The van der Waals surface area contributed by atoms with Crippen LogP contribution in [-0.2, 0) is 0 Å². The lowest BCUT2D eigenvalue weighted by molar-refractivity contribution is 0.278. The lowest BCUT2D eigenvalue weighted by Gasteiger charge is -2.41. The third-order valence-corrected chi connectivity index (χ3v) is 3.85. The largest absolute Gasteiger partial charge is 0.315 e. The van der Waals surface area contributed by atoms with E-state index in [4.69, 9.17) is 0 Å². The first-order chi connectivity index (χ1) is 5.41. The third-order valence-electron chi connectivity index (χ3n) is 2.60. The summed E-state index contributed by atoms with van der Waals surface area (Å²) in [6.07, 6.45) is 2.71. The van der Waals surface area contributed by atoms with Gasteiger partial charge in [-0.25, -0.2) is 0 Å². The van der Waals surface area contributed by atoms with Crippen molar-refractivity contribution >= 4 is 11.8 Å². The van der Waals surface area contributed by atoms with Crippen LogP contribution in [-0.4, -0.2) is 36.7 Å². The molecule has 2 N–H and O–H groups in total. The zero-order chi connectivity index (χ0) is 7.57. The summed E-state index contributed by atoms with van der Waals surface area (Å²) in [5.41, 5.74) is 0.459. The minimum Gasteiger partial charge on any atom is -0.315 e. The Hall–Kier alpha value is 0.270. The first-order valence-electron chi connectivity index (χ1n) is 4.45. The minimum absolute atomic E-state index is 0.459. The summed E-state index contributed by atoms with van der Waals surface area (Å²) < 4.78 is 0. The SMILES string of the molecule is C1CNCC2(C1)CSCCN2. The fourth-order valence-corrected chi connectivity index (χ4v) is 3.08. The van der Waals surface area contributed by atoms with E-state index >= 15 is 0 Å². The van der Waals surface area contributed by atoms with Gasteiger partial charge >= 0.3 is 0 Å². The van der Waals surface area contributed by atoms with Crippen LogP contribution < -0.4 is 10.6 Å². The second-order valence-electron chi connectivity index (χ2n) is 3.54. The highest BCUT2D eigenvalue weighted by atomic mass is 32.2. The van der Waals surface area contributed by atoms with Gasteiger partial charge in [-0.15, -0.1) is 0 Å². The topological polar surface area (TPSA) is 24.1 Å². The Bertz CT molecular complexity index is 107. The van der Waals surface area contributed by atoms with Gasteiger partial charge in [0.05, 0.1) is 0 Å². The second-order valence-corrected chi connectivity index (χ2v) is 4.65. The van der Waals surface area contributed by atoms with E-state index in [-0.39, 0.29) is 0 Å². The van der Waals surface area contributed by atoms with Crippen LogP contribution >= 0.6 is 11.8 Å². The standard InChI is InChI=1S/C8H16N2S/c1-2-8(6-9-3-1)7-11-5-4-10-8/h9-10H,1-7H2. The smallest absolute Gasteiger partial charge is 0.0398 e. The van der Waals surface area contributed by atoms with Gasteiger partial charge in [-0.3, -0.25) is 0 Å². The van der Waals surface area contributed by atoms with Crippen LogP contribution in [0.25, 0.3) is 0 Å². The van der Waals surface area contributed by atoms with Gasteiger partial charge in [0.1, 0.15) is 0 Å². The van der Waals surface area contributed by atoms with E-state index in [1.54, 1.807) is 0 Å². The van der Waals surface area contributed by atoms with Crippen LogP contribution in [0.5, 0.6) is 0 Å². The van der Waals surface area contributed by atoms with Crippen molar-refractivity contribution in [1.82, 2.24) is 10.6 Å². The molecule has 2 nitrogen and oxygen atoms in total. The molecule has 0 aromatic carbocycles. The lowest BCUT2D eigenvalue weighted by Crippen LogP contribution is -2.60. The normalized spacial score (nSPS) is 39.3. The molecule has 64 valence electrons. The molecule has 2 aliphatic heterocycles. The van der Waals surface area contributed by atoms with Gasteiger partial charge in [-0.2, -0.15) is 11.8 Å². The van der Waals surface area contributed by atoms with Crippen LogP contribution in [0.1, 0.15) is 12.8 Å². The van der Waals surface area contributed by atoms with Crippen LogP contribution in [0.2, 0.25) is 0 Å². The second kappa shape index (κ2) is 3.33. The molecule has 1 unspecified atom stereocenters. The van der Waals surface area contributed by atoms with Crippen molar-refractivity contribution in [3.05, 3.63) is 0 Å². The Labute approximate surface area is 72.5 Å². The first kappa shape index (κ1) is 7.90. The Morgan fingerprint density at radius 2 is 2.27 bits per heavy atom. The van der Waals surface area contributed by atoms with E-state index in [0.717, 1.165) is 0 Å². The number of rotatable bonds is 0. The van der Waals surface area contributed by atoms with E-state index < -0.39 is 0 Å². The third kappa shape index (κ3) is 1.71. The highest BCUT2D eigenvalue weighted by molar-refractivity contribution is 7.99. The predicted octanol–water partition coefficient (Wildman–Crippen LogP) is 0.445. The molecule has 1 spiro atoms. The lowest BCUT2D eigenvalue weighted by atomic mass is 9.92. The summed E-state index contributed by atoms with van der Waals surface area (Å²) in [6.45, 7) is 3.60. The Balaban J connectivity index is 1.94. The molecule has 0 amide bonds. The van der Waals surface area contributed by atoms with Crippen LogP contribution in [0.4, 0.5) is 0 Å². The van der Waals surface area contributed by atoms with E-state index in [9.17, 15) is 0 Å². The molecule has 0 bridgehead atoms. The summed E-state index contributed by atoms with van der Waals surface area (Å²) in [7, 11) is 0. The predicted molar refractivity (Wildman–Crippen MR) is 50.2 cm³/mol. The number of hydrogen-bond donors (Lipinski definition) is 2. The van der Waals surface area contributed by atoms with Gasteiger partial charge in [-0.05, 0) is 19.4 Å². The number of thioether (sulfide) groups is 1. The molecule has 0 aliphatic carbocycles. The molecule has 2 fully saturated rings. The van der Waals surface area contributed by atoms with E-state index in [1.807, 2.05) is 0 Å². The van der Waals surface area contributed by atoms with E-state index in [0.29, 0.717) is 5.54 Å². The van der Waals surface area contributed by atoms with Gasteiger partial charge in [0, 0.05) is 30.1 Å². The van der Waals surface area contributed by atoms with Crippen molar-refractivity contribution in [1.29, 1.82) is 0 Å². The first-order valence-corrected chi connectivity index (χ1v) is 5.60. The number of nitrogens with one attached hydrogen (secondary N) is 2. The molecule has 2 heterocycles. The van der Waals surface area contributed by atoms with Crippen molar-refractivity contribution in [2.24, 2.45) is 0 Å². The number of piperidine rings is 1. The summed E-state index contributed by atoms with van der Waals surface area (Å²) in [5.74, 6) is 2.60.